The van der Waals surface area contributed by atoms with Gasteiger partial charge in [0, 0.05) is 24.9 Å². The number of unbranched alkanes of at least 4 members (excludes halogenated alkanes) is 1. The Morgan fingerprint density at radius 3 is 2.38 bits per heavy atom. The fraction of sp³-hybridized carbons (Fsp3) is 0.536. The van der Waals surface area contributed by atoms with Crippen LogP contribution in [0.2, 0.25) is 0 Å². The third-order valence-electron chi connectivity index (χ3n) is 5.51. The van der Waals surface area contributed by atoms with Gasteiger partial charge in [-0.15, -0.1) is 4.99 Å². The lowest BCUT2D eigenvalue weighted by Crippen LogP contribution is -2.44. The summed E-state index contributed by atoms with van der Waals surface area (Å²) in [7, 11) is 0. The molecule has 0 spiro atoms. The Morgan fingerprint density at radius 1 is 1.03 bits per heavy atom. The number of nitrogens with two attached hydrogens (primary N) is 1. The van der Waals surface area contributed by atoms with E-state index in [0.717, 1.165) is 41.5 Å². The van der Waals surface area contributed by atoms with E-state index >= 15 is 0 Å². The van der Waals surface area contributed by atoms with Crippen molar-refractivity contribution in [2.45, 2.75) is 91.9 Å². The van der Waals surface area contributed by atoms with Crippen molar-refractivity contribution in [3.8, 4) is 0 Å². The van der Waals surface area contributed by atoms with Crippen LogP contribution in [0.5, 0.6) is 0 Å². The molecule has 0 saturated heterocycles. The predicted molar refractivity (Wildman–Crippen MR) is 154 cm³/mol. The van der Waals surface area contributed by atoms with E-state index in [1.807, 2.05) is 24.3 Å². The molecular formula is C28H41N7O4. The highest BCUT2D eigenvalue weighted by atomic mass is 16.6. The number of carbonyl (C=O) groups excluding carboxylic acids is 2. The summed E-state index contributed by atoms with van der Waals surface area (Å²) in [6.45, 7) is 13.7. The maximum Gasteiger partial charge on any atom is 0.437 e. The minimum atomic E-state index is -0.821. The first-order chi connectivity index (χ1) is 18.3. The van der Waals surface area contributed by atoms with E-state index in [4.69, 9.17) is 20.2 Å². The van der Waals surface area contributed by atoms with Crippen molar-refractivity contribution in [3.05, 3.63) is 30.1 Å². The number of hydrogen-bond donors (Lipinski definition) is 3. The summed E-state index contributed by atoms with van der Waals surface area (Å²) < 4.78 is 12.8. The molecule has 0 unspecified atom stereocenters. The second-order valence-electron chi connectivity index (χ2n) is 11.3. The topological polar surface area (TPSA) is 146 Å². The number of nitrogens with zero attached hydrogens (tertiary/aromatic N) is 4. The maximum atomic E-state index is 12.4. The normalized spacial score (nSPS) is 12.5. The molecule has 11 nitrogen and oxygen atoms in total. The Kier molecular flexibility index (Phi) is 9.36. The highest BCUT2D eigenvalue weighted by molar-refractivity contribution is 6.06. The zero-order valence-corrected chi connectivity index (χ0v) is 24.1. The molecule has 0 atom stereocenters. The SMILES string of the molecule is CCCCc1nc2c(N)nc3ccccc3c2n1CCCNC(=NC(=O)OC(C)(C)C)NC(=O)OC(C)(C)C. The second-order valence-corrected chi connectivity index (χ2v) is 11.3. The van der Waals surface area contributed by atoms with Crippen molar-refractivity contribution in [1.82, 2.24) is 25.2 Å². The number of para-hydroxylation sites is 1. The van der Waals surface area contributed by atoms with Crippen molar-refractivity contribution in [2.24, 2.45) is 4.99 Å². The Hall–Kier alpha value is -3.89. The van der Waals surface area contributed by atoms with Gasteiger partial charge in [0.2, 0.25) is 5.96 Å². The number of alkyl carbamates (subject to hydrolysis) is 1. The van der Waals surface area contributed by atoms with Gasteiger partial charge >= 0.3 is 12.2 Å². The number of anilines is 1. The van der Waals surface area contributed by atoms with Gasteiger partial charge in [-0.1, -0.05) is 31.5 Å². The summed E-state index contributed by atoms with van der Waals surface area (Å²) >= 11 is 0. The van der Waals surface area contributed by atoms with Crippen molar-refractivity contribution in [3.63, 3.8) is 0 Å². The first-order valence-corrected chi connectivity index (χ1v) is 13.4. The summed E-state index contributed by atoms with van der Waals surface area (Å²) in [6, 6.07) is 7.89. The van der Waals surface area contributed by atoms with Crippen LogP contribution in [-0.2, 0) is 22.4 Å². The Bertz CT molecular complexity index is 1350. The first-order valence-electron chi connectivity index (χ1n) is 13.4. The molecule has 0 radical (unpaired) electrons. The van der Waals surface area contributed by atoms with Crippen LogP contribution in [0.4, 0.5) is 15.4 Å². The van der Waals surface area contributed by atoms with E-state index in [-0.39, 0.29) is 5.96 Å². The molecule has 0 bridgehead atoms. The zero-order valence-electron chi connectivity index (χ0n) is 24.1. The average Bonchev–Trinajstić information content (AvgIpc) is 3.17. The van der Waals surface area contributed by atoms with E-state index in [0.29, 0.717) is 30.8 Å². The van der Waals surface area contributed by atoms with E-state index in [1.54, 1.807) is 41.5 Å². The Labute approximate surface area is 229 Å². The van der Waals surface area contributed by atoms with Gasteiger partial charge in [0.15, 0.2) is 5.82 Å². The number of fused-ring (bicyclic) bond motifs is 3. The summed E-state index contributed by atoms with van der Waals surface area (Å²) in [5.74, 6) is 1.32. The average molecular weight is 540 g/mol. The van der Waals surface area contributed by atoms with Crippen LogP contribution in [-0.4, -0.2) is 50.4 Å². The number of hydrogen-bond acceptors (Lipinski definition) is 7. The highest BCUT2D eigenvalue weighted by Crippen LogP contribution is 2.29. The lowest BCUT2D eigenvalue weighted by atomic mass is 10.2. The van der Waals surface area contributed by atoms with Gasteiger partial charge in [0.05, 0.1) is 11.0 Å². The van der Waals surface area contributed by atoms with E-state index in [1.165, 1.54) is 0 Å². The number of amides is 2. The minimum Gasteiger partial charge on any atom is -0.444 e. The monoisotopic (exact) mass is 539 g/mol. The molecule has 2 aromatic heterocycles. The predicted octanol–water partition coefficient (Wildman–Crippen LogP) is 5.30. The summed E-state index contributed by atoms with van der Waals surface area (Å²) in [5.41, 5.74) is 7.33. The molecular weight excluding hydrogens is 498 g/mol. The molecule has 2 heterocycles. The van der Waals surface area contributed by atoms with Crippen LogP contribution in [0.3, 0.4) is 0 Å². The zero-order chi connectivity index (χ0) is 28.8. The number of aromatic nitrogens is 3. The smallest absolute Gasteiger partial charge is 0.437 e. The maximum absolute atomic E-state index is 12.4. The van der Waals surface area contributed by atoms with E-state index in [9.17, 15) is 9.59 Å². The lowest BCUT2D eigenvalue weighted by molar-refractivity contribution is 0.0560. The van der Waals surface area contributed by atoms with Crippen molar-refractivity contribution >= 4 is 45.9 Å². The van der Waals surface area contributed by atoms with Gasteiger partial charge in [-0.2, -0.15) is 0 Å². The van der Waals surface area contributed by atoms with Crippen molar-refractivity contribution < 1.29 is 19.1 Å². The van der Waals surface area contributed by atoms with Crippen LogP contribution in [0, 0.1) is 0 Å². The van der Waals surface area contributed by atoms with Crippen LogP contribution >= 0.6 is 0 Å². The molecule has 0 aliphatic rings. The minimum absolute atomic E-state index is 0.0425. The fourth-order valence-corrected chi connectivity index (χ4v) is 4.00. The second kappa shape index (κ2) is 12.3. The van der Waals surface area contributed by atoms with Crippen LogP contribution in [0.25, 0.3) is 21.9 Å². The number of imidazole rings is 1. The molecule has 0 saturated carbocycles. The van der Waals surface area contributed by atoms with Crippen molar-refractivity contribution in [2.75, 3.05) is 12.3 Å². The number of guanidine groups is 1. The number of benzene rings is 1. The van der Waals surface area contributed by atoms with Crippen LogP contribution in [0.1, 0.15) is 73.6 Å². The standard InChI is InChI=1S/C28H41N7O4/c1-8-9-15-20-32-21-22(18-13-10-11-14-19(18)31-23(21)29)35(20)17-12-16-30-24(33-25(36)38-27(2,3)4)34-26(37)39-28(5,6)7/h10-11,13-14H,8-9,12,15-17H2,1-7H3,(H2,29,31)(H2,30,33,34,36,37). The first kappa shape index (κ1) is 29.7. The third kappa shape index (κ3) is 8.56. The van der Waals surface area contributed by atoms with Gasteiger partial charge in [-0.25, -0.2) is 19.6 Å². The van der Waals surface area contributed by atoms with Gasteiger partial charge in [-0.05, 0) is 60.5 Å². The molecule has 3 rings (SSSR count). The molecule has 0 aliphatic heterocycles. The fourth-order valence-electron chi connectivity index (χ4n) is 4.00. The number of carbonyl (C=O) groups is 2. The van der Waals surface area contributed by atoms with Crippen molar-refractivity contribution in [1.29, 1.82) is 0 Å². The number of nitrogens with one attached hydrogen (secondary N) is 2. The number of rotatable bonds is 7. The summed E-state index contributed by atoms with van der Waals surface area (Å²) in [4.78, 5) is 38.0. The molecule has 3 aromatic rings. The number of ether oxygens (including phenoxy) is 2. The number of aliphatic imine (C=N–C) groups is 1. The highest BCUT2D eigenvalue weighted by Gasteiger charge is 2.21. The molecule has 0 aliphatic carbocycles. The molecule has 212 valence electrons. The van der Waals surface area contributed by atoms with Gasteiger partial charge in [-0.3, -0.25) is 5.32 Å². The number of aryl methyl sites for hydroxylation is 2. The molecule has 0 fully saturated rings. The molecule has 39 heavy (non-hydrogen) atoms. The molecule has 11 heteroatoms. The lowest BCUT2D eigenvalue weighted by Gasteiger charge is -2.21. The molecule has 1 aromatic carbocycles. The Morgan fingerprint density at radius 2 is 1.72 bits per heavy atom. The summed E-state index contributed by atoms with van der Waals surface area (Å²) in [5, 5.41) is 6.55. The van der Waals surface area contributed by atoms with Crippen LogP contribution in [0.15, 0.2) is 29.3 Å². The van der Waals surface area contributed by atoms with E-state index < -0.39 is 23.4 Å². The molecule has 2 amide bonds. The molecule has 4 N–H and O–H groups in total. The van der Waals surface area contributed by atoms with E-state index in [2.05, 4.69) is 32.1 Å². The van der Waals surface area contributed by atoms with Crippen LogP contribution < -0.4 is 16.4 Å². The van der Waals surface area contributed by atoms with Gasteiger partial charge < -0.3 is 25.1 Å². The van der Waals surface area contributed by atoms with Gasteiger partial charge in [0.1, 0.15) is 22.5 Å². The largest absolute Gasteiger partial charge is 0.444 e. The van der Waals surface area contributed by atoms with Gasteiger partial charge in [0.25, 0.3) is 0 Å². The third-order valence-corrected chi connectivity index (χ3v) is 5.51. The number of nitrogen functional groups attached to an aromatic ring is 1. The Balaban J connectivity index is 1.81. The summed E-state index contributed by atoms with van der Waals surface area (Å²) in [6.07, 6.45) is 1.95. The quantitative estimate of drug-likeness (QED) is 0.208. The number of pyridine rings is 1.